The molecule has 0 saturated carbocycles. The SMILES string of the molecule is Cc1noc(C)c1C(C)NS(=O)(=O)c1cccnc1C#N. The number of rotatable bonds is 4. The van der Waals surface area contributed by atoms with E-state index in [0.29, 0.717) is 17.0 Å². The molecule has 0 bridgehead atoms. The number of aryl methyl sites for hydroxylation is 2. The van der Waals surface area contributed by atoms with Crippen LogP contribution in [0.1, 0.15) is 35.7 Å². The average molecular weight is 306 g/mol. The minimum absolute atomic E-state index is 0.143. The first kappa shape index (κ1) is 15.2. The molecular formula is C13H14N4O3S. The van der Waals surface area contributed by atoms with Crippen molar-refractivity contribution in [2.75, 3.05) is 0 Å². The van der Waals surface area contributed by atoms with E-state index in [1.165, 1.54) is 18.3 Å². The number of hydrogen-bond donors (Lipinski definition) is 1. The monoisotopic (exact) mass is 306 g/mol. The second kappa shape index (κ2) is 5.63. The molecule has 0 aliphatic carbocycles. The summed E-state index contributed by atoms with van der Waals surface area (Å²) in [5.41, 5.74) is 1.16. The van der Waals surface area contributed by atoms with Gasteiger partial charge in [-0.1, -0.05) is 5.16 Å². The van der Waals surface area contributed by atoms with Crippen LogP contribution in [0, 0.1) is 25.2 Å². The summed E-state index contributed by atoms with van der Waals surface area (Å²) in [7, 11) is -3.87. The van der Waals surface area contributed by atoms with Crippen LogP contribution in [0.5, 0.6) is 0 Å². The predicted octanol–water partition coefficient (Wildman–Crippen LogP) is 1.60. The molecule has 21 heavy (non-hydrogen) atoms. The van der Waals surface area contributed by atoms with Gasteiger partial charge in [-0.25, -0.2) is 18.1 Å². The Bertz CT molecular complexity index is 786. The third kappa shape index (κ3) is 2.94. The zero-order valence-corrected chi connectivity index (χ0v) is 12.6. The lowest BCUT2D eigenvalue weighted by atomic mass is 10.1. The molecule has 1 N–H and O–H groups in total. The van der Waals surface area contributed by atoms with Crippen LogP contribution in [-0.4, -0.2) is 18.6 Å². The number of aromatic nitrogens is 2. The molecule has 0 aliphatic heterocycles. The van der Waals surface area contributed by atoms with Gasteiger partial charge in [0.1, 0.15) is 16.7 Å². The first-order valence-electron chi connectivity index (χ1n) is 6.17. The molecule has 7 nitrogen and oxygen atoms in total. The highest BCUT2D eigenvalue weighted by Gasteiger charge is 2.25. The van der Waals surface area contributed by atoms with Gasteiger partial charge >= 0.3 is 0 Å². The highest BCUT2D eigenvalue weighted by molar-refractivity contribution is 7.89. The molecule has 0 aliphatic rings. The fourth-order valence-electron chi connectivity index (χ4n) is 2.15. The van der Waals surface area contributed by atoms with E-state index in [2.05, 4.69) is 14.9 Å². The summed E-state index contributed by atoms with van der Waals surface area (Å²) in [5, 5.41) is 12.8. The number of nitrogens with zero attached hydrogens (tertiary/aromatic N) is 3. The van der Waals surface area contributed by atoms with E-state index >= 15 is 0 Å². The quantitative estimate of drug-likeness (QED) is 0.918. The zero-order chi connectivity index (χ0) is 15.6. The second-order valence-corrected chi connectivity index (χ2v) is 6.23. The van der Waals surface area contributed by atoms with Gasteiger partial charge < -0.3 is 4.52 Å². The molecule has 0 radical (unpaired) electrons. The Balaban J connectivity index is 2.37. The van der Waals surface area contributed by atoms with Gasteiger partial charge in [0.15, 0.2) is 5.69 Å². The Labute approximate surface area is 122 Å². The normalized spacial score (nSPS) is 12.9. The average Bonchev–Trinajstić information content (AvgIpc) is 2.77. The fraction of sp³-hybridized carbons (Fsp3) is 0.308. The third-order valence-corrected chi connectivity index (χ3v) is 4.59. The van der Waals surface area contributed by atoms with E-state index in [1.807, 2.05) is 0 Å². The van der Waals surface area contributed by atoms with Crippen molar-refractivity contribution in [1.82, 2.24) is 14.9 Å². The number of nitrogens with one attached hydrogen (secondary N) is 1. The van der Waals surface area contributed by atoms with Gasteiger partial charge in [0.05, 0.1) is 5.69 Å². The Morgan fingerprint density at radius 2 is 2.14 bits per heavy atom. The molecule has 0 amide bonds. The van der Waals surface area contributed by atoms with E-state index in [1.54, 1.807) is 26.8 Å². The molecule has 1 atom stereocenters. The minimum Gasteiger partial charge on any atom is -0.361 e. The lowest BCUT2D eigenvalue weighted by Crippen LogP contribution is -2.28. The topological polar surface area (TPSA) is 109 Å². The maximum atomic E-state index is 12.4. The van der Waals surface area contributed by atoms with Crippen LogP contribution in [0.2, 0.25) is 0 Å². The number of pyridine rings is 1. The first-order chi connectivity index (χ1) is 9.86. The molecule has 110 valence electrons. The van der Waals surface area contributed by atoms with Gasteiger partial charge in [-0.05, 0) is 32.9 Å². The Morgan fingerprint density at radius 1 is 1.43 bits per heavy atom. The van der Waals surface area contributed by atoms with Crippen molar-refractivity contribution in [2.24, 2.45) is 0 Å². The van der Waals surface area contributed by atoms with E-state index in [0.717, 1.165) is 0 Å². The van der Waals surface area contributed by atoms with Gasteiger partial charge in [0.25, 0.3) is 0 Å². The summed E-state index contributed by atoms with van der Waals surface area (Å²) < 4.78 is 32.3. The molecule has 0 fully saturated rings. The lowest BCUT2D eigenvalue weighted by Gasteiger charge is -2.14. The summed E-state index contributed by atoms with van der Waals surface area (Å²) in [4.78, 5) is 3.61. The highest BCUT2D eigenvalue weighted by Crippen LogP contribution is 2.23. The first-order valence-corrected chi connectivity index (χ1v) is 7.65. The van der Waals surface area contributed by atoms with Crippen molar-refractivity contribution in [3.63, 3.8) is 0 Å². The second-order valence-electron chi connectivity index (χ2n) is 4.54. The Hall–Kier alpha value is -2.24. The molecule has 2 aromatic heterocycles. The molecule has 0 spiro atoms. The summed E-state index contributed by atoms with van der Waals surface area (Å²) >= 11 is 0. The van der Waals surface area contributed by atoms with Gasteiger partial charge in [0.2, 0.25) is 10.0 Å². The fourth-order valence-corrected chi connectivity index (χ4v) is 3.48. The van der Waals surface area contributed by atoms with E-state index in [9.17, 15) is 8.42 Å². The van der Waals surface area contributed by atoms with E-state index in [4.69, 9.17) is 9.78 Å². The van der Waals surface area contributed by atoms with Gasteiger partial charge in [-0.15, -0.1) is 0 Å². The Kier molecular flexibility index (Phi) is 4.06. The van der Waals surface area contributed by atoms with E-state index in [-0.39, 0.29) is 10.6 Å². The number of nitriles is 1. The van der Waals surface area contributed by atoms with E-state index < -0.39 is 16.1 Å². The molecule has 0 aromatic carbocycles. The van der Waals surface area contributed by atoms with Crippen molar-refractivity contribution in [3.8, 4) is 6.07 Å². The maximum absolute atomic E-state index is 12.4. The number of hydrogen-bond acceptors (Lipinski definition) is 6. The lowest BCUT2D eigenvalue weighted by molar-refractivity contribution is 0.391. The highest BCUT2D eigenvalue weighted by atomic mass is 32.2. The van der Waals surface area contributed by atoms with Crippen molar-refractivity contribution in [1.29, 1.82) is 5.26 Å². The van der Waals surface area contributed by atoms with Crippen LogP contribution in [0.25, 0.3) is 0 Å². The standard InChI is InChI=1S/C13H14N4O3S/c1-8-13(10(3)20-16-8)9(2)17-21(18,19)12-5-4-6-15-11(12)7-14/h4-6,9,17H,1-3H3. The maximum Gasteiger partial charge on any atom is 0.244 e. The summed E-state index contributed by atoms with van der Waals surface area (Å²) in [5.74, 6) is 0.550. The Morgan fingerprint density at radius 3 is 2.71 bits per heavy atom. The molecule has 8 heteroatoms. The minimum atomic E-state index is -3.87. The van der Waals surface area contributed by atoms with Crippen molar-refractivity contribution < 1.29 is 12.9 Å². The van der Waals surface area contributed by atoms with Gasteiger partial charge in [0, 0.05) is 17.8 Å². The van der Waals surface area contributed by atoms with Crippen LogP contribution in [0.15, 0.2) is 27.7 Å². The van der Waals surface area contributed by atoms with Crippen molar-refractivity contribution >= 4 is 10.0 Å². The molecule has 0 saturated heterocycles. The summed E-state index contributed by atoms with van der Waals surface area (Å²) in [6.07, 6.45) is 1.37. The molecule has 2 heterocycles. The van der Waals surface area contributed by atoms with Crippen molar-refractivity contribution in [2.45, 2.75) is 31.7 Å². The largest absolute Gasteiger partial charge is 0.361 e. The van der Waals surface area contributed by atoms with Crippen LogP contribution in [-0.2, 0) is 10.0 Å². The zero-order valence-electron chi connectivity index (χ0n) is 11.8. The number of sulfonamides is 1. The molecule has 2 rings (SSSR count). The van der Waals surface area contributed by atoms with Gasteiger partial charge in [-0.3, -0.25) is 0 Å². The summed E-state index contributed by atoms with van der Waals surface area (Å²) in [6.45, 7) is 5.14. The molecule has 2 aromatic rings. The van der Waals surface area contributed by atoms with Crippen LogP contribution < -0.4 is 4.72 Å². The van der Waals surface area contributed by atoms with Crippen molar-refractivity contribution in [3.05, 3.63) is 41.0 Å². The molecular weight excluding hydrogens is 292 g/mol. The van der Waals surface area contributed by atoms with Crippen LogP contribution >= 0.6 is 0 Å². The smallest absolute Gasteiger partial charge is 0.244 e. The molecule has 1 unspecified atom stereocenters. The van der Waals surface area contributed by atoms with Crippen LogP contribution in [0.4, 0.5) is 0 Å². The summed E-state index contributed by atoms with van der Waals surface area (Å²) in [6, 6.07) is 4.05. The third-order valence-electron chi connectivity index (χ3n) is 3.02. The van der Waals surface area contributed by atoms with Gasteiger partial charge in [-0.2, -0.15) is 5.26 Å². The van der Waals surface area contributed by atoms with Crippen LogP contribution in [0.3, 0.4) is 0 Å². The predicted molar refractivity (Wildman–Crippen MR) is 73.7 cm³/mol.